The van der Waals surface area contributed by atoms with Crippen LogP contribution < -0.4 is 19.6 Å². The molecule has 0 aliphatic heterocycles. The van der Waals surface area contributed by atoms with Gasteiger partial charge in [-0.1, -0.05) is 42.5 Å². The van der Waals surface area contributed by atoms with Gasteiger partial charge in [0.25, 0.3) is 5.91 Å². The average Bonchev–Trinajstić information content (AvgIpc) is 2.94. The molecule has 1 amide bonds. The maximum atomic E-state index is 13.1. The molecule has 8 heteroatoms. The molecule has 0 heterocycles. The first-order valence-electron chi connectivity index (χ1n) is 11.9. The molecule has 1 N–H and O–H groups in total. The van der Waals surface area contributed by atoms with Gasteiger partial charge in [0.15, 0.2) is 18.1 Å². The van der Waals surface area contributed by atoms with E-state index in [0.29, 0.717) is 23.7 Å². The van der Waals surface area contributed by atoms with E-state index < -0.39 is 17.7 Å². The number of ether oxygens (including phenoxy) is 3. The fourth-order valence-corrected chi connectivity index (χ4v) is 3.44. The number of benzene rings is 4. The van der Waals surface area contributed by atoms with Gasteiger partial charge in [-0.2, -0.15) is 5.10 Å². The van der Waals surface area contributed by atoms with Crippen molar-refractivity contribution in [1.29, 1.82) is 0 Å². The van der Waals surface area contributed by atoms with Gasteiger partial charge in [-0.25, -0.2) is 14.6 Å². The van der Waals surface area contributed by atoms with Gasteiger partial charge in [-0.3, -0.25) is 4.79 Å². The van der Waals surface area contributed by atoms with E-state index in [-0.39, 0.29) is 17.9 Å². The van der Waals surface area contributed by atoms with Gasteiger partial charge in [0.1, 0.15) is 11.6 Å². The Bertz CT molecular complexity index is 1410. The molecule has 0 aromatic heterocycles. The van der Waals surface area contributed by atoms with Crippen LogP contribution in [-0.4, -0.2) is 31.3 Å². The second-order valence-electron chi connectivity index (χ2n) is 8.01. The maximum absolute atomic E-state index is 13.1. The van der Waals surface area contributed by atoms with Gasteiger partial charge >= 0.3 is 5.97 Å². The molecule has 4 aromatic carbocycles. The molecule has 0 unspecified atom stereocenters. The molecule has 0 bridgehead atoms. The Hall–Kier alpha value is -4.98. The summed E-state index contributed by atoms with van der Waals surface area (Å²) in [5.41, 5.74) is 5.37. The molecule has 0 aliphatic rings. The number of carbonyl (C=O) groups is 2. The van der Waals surface area contributed by atoms with Crippen molar-refractivity contribution in [2.75, 3.05) is 13.2 Å². The van der Waals surface area contributed by atoms with Gasteiger partial charge in [0.2, 0.25) is 0 Å². The molecule has 4 rings (SSSR count). The molecule has 38 heavy (non-hydrogen) atoms. The van der Waals surface area contributed by atoms with E-state index in [1.54, 1.807) is 37.3 Å². The van der Waals surface area contributed by atoms with Gasteiger partial charge < -0.3 is 14.2 Å². The fourth-order valence-electron chi connectivity index (χ4n) is 3.44. The van der Waals surface area contributed by atoms with Crippen molar-refractivity contribution in [3.8, 4) is 28.4 Å². The summed E-state index contributed by atoms with van der Waals surface area (Å²) in [5, 5.41) is 3.95. The summed E-state index contributed by atoms with van der Waals surface area (Å²) in [5.74, 6) is -0.431. The molecule has 0 atom stereocenters. The van der Waals surface area contributed by atoms with Gasteiger partial charge in [0.05, 0.1) is 18.4 Å². The van der Waals surface area contributed by atoms with E-state index in [1.807, 2.05) is 42.5 Å². The van der Waals surface area contributed by atoms with Crippen LogP contribution in [0.3, 0.4) is 0 Å². The summed E-state index contributed by atoms with van der Waals surface area (Å²) >= 11 is 0. The molecule has 7 nitrogen and oxygen atoms in total. The lowest BCUT2D eigenvalue weighted by atomic mass is 10.1. The number of rotatable bonds is 10. The number of nitrogens with zero attached hydrogens (tertiary/aromatic N) is 1. The van der Waals surface area contributed by atoms with E-state index in [2.05, 4.69) is 10.5 Å². The summed E-state index contributed by atoms with van der Waals surface area (Å²) in [7, 11) is 0. The first kappa shape index (κ1) is 26.1. The molecule has 0 spiro atoms. The number of hydrazone groups is 1. The van der Waals surface area contributed by atoms with Crippen molar-refractivity contribution in [3.05, 3.63) is 114 Å². The van der Waals surface area contributed by atoms with E-state index in [0.717, 1.165) is 11.1 Å². The predicted octanol–water partition coefficient (Wildman–Crippen LogP) is 5.64. The maximum Gasteiger partial charge on any atom is 0.343 e. The minimum absolute atomic E-state index is 0.203. The predicted molar refractivity (Wildman–Crippen MR) is 142 cm³/mol. The van der Waals surface area contributed by atoms with E-state index >= 15 is 0 Å². The van der Waals surface area contributed by atoms with Crippen molar-refractivity contribution in [2.45, 2.75) is 6.92 Å². The Morgan fingerprint density at radius 2 is 1.55 bits per heavy atom. The smallest absolute Gasteiger partial charge is 0.343 e. The second kappa shape index (κ2) is 12.8. The molecule has 0 aliphatic carbocycles. The van der Waals surface area contributed by atoms with Gasteiger partial charge in [-0.05, 0) is 78.2 Å². The Kier molecular flexibility index (Phi) is 8.80. The zero-order valence-corrected chi connectivity index (χ0v) is 20.6. The van der Waals surface area contributed by atoms with Crippen LogP contribution in [0.2, 0.25) is 0 Å². The zero-order valence-electron chi connectivity index (χ0n) is 20.6. The summed E-state index contributed by atoms with van der Waals surface area (Å²) in [6, 6.07) is 27.3. The number of hydrogen-bond donors (Lipinski definition) is 1. The normalized spacial score (nSPS) is 10.7. The third-order valence-corrected chi connectivity index (χ3v) is 5.28. The Balaban J connectivity index is 1.30. The lowest BCUT2D eigenvalue weighted by Gasteiger charge is -2.11. The molecular formula is C30H25FN2O5. The number of nitrogens with one attached hydrogen (secondary N) is 1. The number of halogens is 1. The highest BCUT2D eigenvalue weighted by molar-refractivity contribution is 5.91. The lowest BCUT2D eigenvalue weighted by Crippen LogP contribution is -2.24. The number of carbonyl (C=O) groups excluding carboxylic acids is 2. The lowest BCUT2D eigenvalue weighted by molar-refractivity contribution is -0.123. The molecule has 4 aromatic rings. The van der Waals surface area contributed by atoms with Crippen molar-refractivity contribution >= 4 is 18.1 Å². The molecule has 0 saturated carbocycles. The van der Waals surface area contributed by atoms with Crippen LogP contribution in [0.25, 0.3) is 11.1 Å². The average molecular weight is 513 g/mol. The Morgan fingerprint density at radius 3 is 2.26 bits per heavy atom. The minimum atomic E-state index is -0.644. The third kappa shape index (κ3) is 7.27. The summed E-state index contributed by atoms with van der Waals surface area (Å²) in [6.07, 6.45) is 1.43. The highest BCUT2D eigenvalue weighted by Gasteiger charge is 2.13. The number of hydrogen-bond acceptors (Lipinski definition) is 6. The van der Waals surface area contributed by atoms with E-state index in [1.165, 1.54) is 30.5 Å². The van der Waals surface area contributed by atoms with Crippen LogP contribution in [0, 0.1) is 5.82 Å². The molecule has 0 saturated heterocycles. The van der Waals surface area contributed by atoms with Crippen LogP contribution in [0.15, 0.2) is 102 Å². The summed E-state index contributed by atoms with van der Waals surface area (Å²) < 4.78 is 29.6. The zero-order chi connectivity index (χ0) is 26.7. The largest absolute Gasteiger partial charge is 0.490 e. The molecule has 192 valence electrons. The van der Waals surface area contributed by atoms with Crippen molar-refractivity contribution in [2.24, 2.45) is 5.10 Å². The molecule has 0 fully saturated rings. The van der Waals surface area contributed by atoms with E-state index in [4.69, 9.17) is 14.2 Å². The highest BCUT2D eigenvalue weighted by atomic mass is 19.1. The van der Waals surface area contributed by atoms with Crippen LogP contribution in [-0.2, 0) is 4.79 Å². The van der Waals surface area contributed by atoms with Crippen LogP contribution in [0.1, 0.15) is 22.8 Å². The van der Waals surface area contributed by atoms with Gasteiger partial charge in [-0.15, -0.1) is 0 Å². The second-order valence-corrected chi connectivity index (χ2v) is 8.01. The Labute approximate surface area is 219 Å². The number of amides is 1. The van der Waals surface area contributed by atoms with Crippen molar-refractivity contribution in [3.63, 3.8) is 0 Å². The molecule has 0 radical (unpaired) electrons. The summed E-state index contributed by atoms with van der Waals surface area (Å²) in [4.78, 5) is 24.5. The number of esters is 1. The van der Waals surface area contributed by atoms with Crippen LogP contribution in [0.4, 0.5) is 4.39 Å². The third-order valence-electron chi connectivity index (χ3n) is 5.28. The quantitative estimate of drug-likeness (QED) is 0.129. The molecular weight excluding hydrogens is 487 g/mol. The Morgan fingerprint density at radius 1 is 0.842 bits per heavy atom. The van der Waals surface area contributed by atoms with Crippen LogP contribution >= 0.6 is 0 Å². The first-order chi connectivity index (χ1) is 18.5. The summed E-state index contributed by atoms with van der Waals surface area (Å²) in [6.45, 7) is 1.92. The van der Waals surface area contributed by atoms with E-state index in [9.17, 15) is 14.0 Å². The topological polar surface area (TPSA) is 86.2 Å². The highest BCUT2D eigenvalue weighted by Crippen LogP contribution is 2.29. The van der Waals surface area contributed by atoms with Crippen molar-refractivity contribution < 1.29 is 28.2 Å². The van der Waals surface area contributed by atoms with Crippen LogP contribution in [0.5, 0.6) is 17.2 Å². The monoisotopic (exact) mass is 512 g/mol. The standard InChI is InChI=1S/C30H25FN2O5/c1-2-36-28-18-21(8-17-27(28)38-30(35)24-9-13-25(31)14-10-24)19-32-33-29(34)20-37-26-15-11-23(12-16-26)22-6-4-3-5-7-22/h3-19H,2,20H2,1H3,(H,33,34). The SMILES string of the molecule is CCOc1cc(C=NNC(=O)COc2ccc(-c3ccccc3)cc2)ccc1OC(=O)c1ccc(F)cc1. The minimum Gasteiger partial charge on any atom is -0.490 e. The first-order valence-corrected chi connectivity index (χ1v) is 11.9. The van der Waals surface area contributed by atoms with Gasteiger partial charge in [0, 0.05) is 0 Å². The van der Waals surface area contributed by atoms with Crippen molar-refractivity contribution in [1.82, 2.24) is 5.43 Å². The fraction of sp³-hybridized carbons (Fsp3) is 0.100.